The summed E-state index contributed by atoms with van der Waals surface area (Å²) in [7, 11) is 0. The average Bonchev–Trinajstić information content (AvgIpc) is 3.32. The van der Waals surface area contributed by atoms with Crippen molar-refractivity contribution >= 4 is 5.57 Å². The lowest BCUT2D eigenvalue weighted by molar-refractivity contribution is -0.152. The molecule has 0 bridgehead atoms. The van der Waals surface area contributed by atoms with E-state index in [1.165, 1.54) is 61.6 Å². The van der Waals surface area contributed by atoms with Crippen LogP contribution in [0.15, 0.2) is 66.7 Å². The number of fused-ring (bicyclic) bond motifs is 5. The maximum atomic E-state index is 10.6. The number of rotatable bonds is 6. The third kappa shape index (κ3) is 4.75. The van der Waals surface area contributed by atoms with Crippen LogP contribution in [-0.2, 0) is 0 Å². The minimum Gasteiger partial charge on any atom is -0.393 e. The van der Waals surface area contributed by atoms with Crippen molar-refractivity contribution in [2.75, 3.05) is 0 Å². The number of aliphatic hydroxyl groups is 1. The van der Waals surface area contributed by atoms with Gasteiger partial charge in [0.15, 0.2) is 0 Å². The molecule has 10 atom stereocenters. The zero-order valence-corrected chi connectivity index (χ0v) is 25.0. The minimum absolute atomic E-state index is 0.0519. The van der Waals surface area contributed by atoms with Crippen LogP contribution >= 0.6 is 0 Å². The van der Waals surface area contributed by atoms with Crippen LogP contribution in [0.2, 0.25) is 0 Å². The van der Waals surface area contributed by atoms with Crippen molar-refractivity contribution < 1.29 is 5.11 Å². The first kappa shape index (κ1) is 27.3. The lowest BCUT2D eigenvalue weighted by Crippen LogP contribution is -2.56. The summed E-state index contributed by atoms with van der Waals surface area (Å²) in [5, 5.41) is 10.6. The Kier molecular flexibility index (Phi) is 7.60. The van der Waals surface area contributed by atoms with E-state index in [9.17, 15) is 5.11 Å². The smallest absolute Gasteiger partial charge is 0.0543 e. The topological polar surface area (TPSA) is 20.2 Å². The maximum Gasteiger partial charge on any atom is 0.0543 e. The fraction of sp³-hybridized carbons (Fsp3) is 0.632. The highest BCUT2D eigenvalue weighted by molar-refractivity contribution is 5.79. The average molecular weight is 525 g/mol. The van der Waals surface area contributed by atoms with Crippen molar-refractivity contribution in [1.82, 2.24) is 0 Å². The number of aliphatic hydroxyl groups excluding tert-OH is 1. The molecule has 1 nitrogen and oxygen atoms in total. The van der Waals surface area contributed by atoms with E-state index >= 15 is 0 Å². The third-order valence-corrected chi connectivity index (χ3v) is 13.0. The van der Waals surface area contributed by atoms with Gasteiger partial charge < -0.3 is 5.11 Å². The molecular weight excluding hydrogens is 472 g/mol. The highest BCUT2D eigenvalue weighted by Gasteiger charge is 2.62. The Morgan fingerprint density at radius 1 is 0.821 bits per heavy atom. The molecule has 1 N–H and O–H groups in total. The van der Waals surface area contributed by atoms with Crippen LogP contribution in [0.3, 0.4) is 0 Å². The summed E-state index contributed by atoms with van der Waals surface area (Å²) in [6.07, 6.45) is 15.5. The molecule has 0 amide bonds. The summed E-state index contributed by atoms with van der Waals surface area (Å²) in [4.78, 5) is 0. The van der Waals surface area contributed by atoms with Gasteiger partial charge in [0.2, 0.25) is 0 Å². The Hall–Kier alpha value is -1.86. The van der Waals surface area contributed by atoms with Gasteiger partial charge >= 0.3 is 0 Å². The highest BCUT2D eigenvalue weighted by Crippen LogP contribution is 2.69. The standard InChI is InChI=1S/C38H52O/c1-5-27-24-32-34-19-18-33(37(34,3)23-21-35(32)38(4)22-20-30(39)25-36(27)38)26(2)16-17-31(28-12-8-6-9-13-28)29-14-10-7-11-15-29/h6-15,17,26-27,30,32-36,39H,5,16,18-25H2,1-4H3/t26-,27+,30-,32?,33-,34?,35?,36?,37-,38-/m1/s1. The Morgan fingerprint density at radius 3 is 2.08 bits per heavy atom. The Balaban J connectivity index is 1.23. The second-order valence-electron chi connectivity index (χ2n) is 14.6. The molecule has 4 unspecified atom stereocenters. The van der Waals surface area contributed by atoms with Crippen LogP contribution in [0.5, 0.6) is 0 Å². The minimum atomic E-state index is -0.0519. The first-order valence-corrected chi connectivity index (χ1v) is 16.3. The second kappa shape index (κ2) is 10.8. The molecule has 0 spiro atoms. The van der Waals surface area contributed by atoms with Crippen molar-refractivity contribution in [2.24, 2.45) is 52.3 Å². The van der Waals surface area contributed by atoms with Crippen LogP contribution in [0, 0.1) is 52.3 Å². The first-order chi connectivity index (χ1) is 18.8. The van der Waals surface area contributed by atoms with Crippen molar-refractivity contribution in [1.29, 1.82) is 0 Å². The summed E-state index contributed by atoms with van der Waals surface area (Å²) in [5.74, 6) is 5.77. The highest BCUT2D eigenvalue weighted by atomic mass is 16.3. The summed E-state index contributed by atoms with van der Waals surface area (Å²) in [6.45, 7) is 10.3. The molecule has 39 heavy (non-hydrogen) atoms. The van der Waals surface area contributed by atoms with Crippen LogP contribution in [-0.4, -0.2) is 11.2 Å². The molecule has 0 aliphatic heterocycles. The fourth-order valence-corrected chi connectivity index (χ4v) is 11.0. The number of benzene rings is 2. The first-order valence-electron chi connectivity index (χ1n) is 16.3. The lowest BCUT2D eigenvalue weighted by Gasteiger charge is -2.63. The van der Waals surface area contributed by atoms with Gasteiger partial charge in [0, 0.05) is 0 Å². The van der Waals surface area contributed by atoms with Crippen LogP contribution < -0.4 is 0 Å². The molecule has 4 aliphatic carbocycles. The number of hydrogen-bond donors (Lipinski definition) is 1. The molecule has 1 heteroatoms. The zero-order chi connectivity index (χ0) is 27.2. The van der Waals surface area contributed by atoms with Crippen molar-refractivity contribution in [3.63, 3.8) is 0 Å². The lowest BCUT2D eigenvalue weighted by atomic mass is 9.42. The molecule has 2 aromatic carbocycles. The molecule has 0 saturated heterocycles. The normalized spacial score (nSPS) is 40.2. The largest absolute Gasteiger partial charge is 0.393 e. The zero-order valence-electron chi connectivity index (χ0n) is 25.0. The predicted molar refractivity (Wildman–Crippen MR) is 164 cm³/mol. The Labute approximate surface area is 238 Å². The van der Waals surface area contributed by atoms with Crippen molar-refractivity contribution in [3.05, 3.63) is 77.9 Å². The monoisotopic (exact) mass is 524 g/mol. The molecule has 0 heterocycles. The molecular formula is C38H52O. The van der Waals surface area contributed by atoms with E-state index in [0.717, 1.165) is 54.8 Å². The molecule has 4 fully saturated rings. The Morgan fingerprint density at radius 2 is 1.44 bits per heavy atom. The van der Waals surface area contributed by atoms with Gasteiger partial charge in [-0.05, 0) is 127 Å². The van der Waals surface area contributed by atoms with Crippen molar-refractivity contribution in [3.8, 4) is 0 Å². The van der Waals surface area contributed by atoms with E-state index in [-0.39, 0.29) is 6.10 Å². The number of hydrogen-bond acceptors (Lipinski definition) is 1. The van der Waals surface area contributed by atoms with Gasteiger partial charge in [-0.15, -0.1) is 0 Å². The van der Waals surface area contributed by atoms with Crippen LogP contribution in [0.4, 0.5) is 0 Å². The van der Waals surface area contributed by atoms with E-state index in [4.69, 9.17) is 0 Å². The van der Waals surface area contributed by atoms with Gasteiger partial charge in [0.1, 0.15) is 0 Å². The van der Waals surface area contributed by atoms with E-state index < -0.39 is 0 Å². The summed E-state index contributed by atoms with van der Waals surface area (Å²) in [5.41, 5.74) is 5.00. The second-order valence-corrected chi connectivity index (χ2v) is 14.6. The molecule has 210 valence electrons. The summed E-state index contributed by atoms with van der Waals surface area (Å²) in [6, 6.07) is 22.0. The molecule has 0 radical (unpaired) electrons. The fourth-order valence-electron chi connectivity index (χ4n) is 11.0. The maximum absolute atomic E-state index is 10.6. The summed E-state index contributed by atoms with van der Waals surface area (Å²) < 4.78 is 0. The van der Waals surface area contributed by atoms with Crippen LogP contribution in [0.1, 0.15) is 103 Å². The molecule has 0 aromatic heterocycles. The van der Waals surface area contributed by atoms with Gasteiger partial charge in [-0.25, -0.2) is 0 Å². The molecule has 4 saturated carbocycles. The van der Waals surface area contributed by atoms with E-state index in [1.807, 2.05) is 0 Å². The SMILES string of the molecule is CC[C@H]1CC2C(CC[C@@]3(C)C2CC[C@@H]3[C@H](C)CC=C(c2ccccc2)c2ccccc2)[C@@]2(C)CC[C@@H](O)CC12. The Bertz CT molecular complexity index is 1090. The quantitative estimate of drug-likeness (QED) is 0.399. The van der Waals surface area contributed by atoms with E-state index in [2.05, 4.69) is 94.4 Å². The van der Waals surface area contributed by atoms with Gasteiger partial charge in [-0.3, -0.25) is 0 Å². The van der Waals surface area contributed by atoms with Gasteiger partial charge in [0.05, 0.1) is 6.10 Å². The van der Waals surface area contributed by atoms with Gasteiger partial charge in [0.25, 0.3) is 0 Å². The molecule has 2 aromatic rings. The predicted octanol–water partition coefficient (Wildman–Crippen LogP) is 9.80. The van der Waals surface area contributed by atoms with E-state index in [0.29, 0.717) is 16.7 Å². The van der Waals surface area contributed by atoms with Gasteiger partial charge in [-0.1, -0.05) is 101 Å². The van der Waals surface area contributed by atoms with Crippen molar-refractivity contribution in [2.45, 2.75) is 98.0 Å². The van der Waals surface area contributed by atoms with E-state index in [1.54, 1.807) is 0 Å². The third-order valence-electron chi connectivity index (χ3n) is 13.0. The van der Waals surface area contributed by atoms with Crippen LogP contribution in [0.25, 0.3) is 5.57 Å². The number of allylic oxidation sites excluding steroid dienone is 1. The summed E-state index contributed by atoms with van der Waals surface area (Å²) >= 11 is 0. The molecule has 6 rings (SSSR count). The van der Waals surface area contributed by atoms with Gasteiger partial charge in [-0.2, -0.15) is 0 Å². The molecule has 4 aliphatic rings.